The van der Waals surface area contributed by atoms with Crippen LogP contribution in [0.3, 0.4) is 0 Å². The second-order valence-corrected chi connectivity index (χ2v) is 6.16. The van der Waals surface area contributed by atoms with Crippen LogP contribution in [0.15, 0.2) is 60.7 Å². The van der Waals surface area contributed by atoms with Gasteiger partial charge in [-0.05, 0) is 30.0 Å². The first-order valence-electron chi connectivity index (χ1n) is 8.29. The molecule has 0 heterocycles. The zero-order valence-corrected chi connectivity index (χ0v) is 13.5. The number of carbonyl (C=O) groups is 2. The van der Waals surface area contributed by atoms with Crippen molar-refractivity contribution in [3.05, 3.63) is 71.8 Å². The molecule has 0 aromatic heterocycles. The van der Waals surface area contributed by atoms with Crippen LogP contribution in [0.5, 0.6) is 0 Å². The highest BCUT2D eigenvalue weighted by Crippen LogP contribution is 2.33. The molecule has 1 N–H and O–H groups in total. The Balaban J connectivity index is 1.60. The molecule has 1 atom stereocenters. The van der Waals surface area contributed by atoms with Crippen molar-refractivity contribution in [2.24, 2.45) is 5.92 Å². The number of benzene rings is 2. The SMILES string of the molecule is O=C(N[C@H](CC1CC1)C(=O)OCc1ccccc1)c1ccccc1. The smallest absolute Gasteiger partial charge is 0.328 e. The number of hydrogen-bond acceptors (Lipinski definition) is 3. The van der Waals surface area contributed by atoms with Crippen LogP contribution < -0.4 is 5.32 Å². The van der Waals surface area contributed by atoms with Gasteiger partial charge in [-0.1, -0.05) is 61.4 Å². The van der Waals surface area contributed by atoms with Crippen molar-refractivity contribution < 1.29 is 14.3 Å². The van der Waals surface area contributed by atoms with Gasteiger partial charge in [0.1, 0.15) is 12.6 Å². The van der Waals surface area contributed by atoms with Gasteiger partial charge < -0.3 is 10.1 Å². The highest BCUT2D eigenvalue weighted by atomic mass is 16.5. The first kappa shape index (κ1) is 16.2. The van der Waals surface area contributed by atoms with Gasteiger partial charge in [-0.15, -0.1) is 0 Å². The molecule has 2 aromatic rings. The largest absolute Gasteiger partial charge is 0.459 e. The molecule has 3 rings (SSSR count). The van der Waals surface area contributed by atoms with Gasteiger partial charge in [-0.25, -0.2) is 4.79 Å². The van der Waals surface area contributed by atoms with E-state index in [1.54, 1.807) is 24.3 Å². The lowest BCUT2D eigenvalue weighted by molar-refractivity contribution is -0.147. The highest BCUT2D eigenvalue weighted by Gasteiger charge is 2.31. The molecule has 4 heteroatoms. The van der Waals surface area contributed by atoms with E-state index in [0.717, 1.165) is 18.4 Å². The van der Waals surface area contributed by atoms with E-state index in [4.69, 9.17) is 4.74 Å². The van der Waals surface area contributed by atoms with Crippen molar-refractivity contribution in [2.75, 3.05) is 0 Å². The number of ether oxygens (including phenoxy) is 1. The molecule has 2 aromatic carbocycles. The lowest BCUT2D eigenvalue weighted by Gasteiger charge is -2.17. The van der Waals surface area contributed by atoms with Crippen LogP contribution >= 0.6 is 0 Å². The number of rotatable bonds is 7. The fraction of sp³-hybridized carbons (Fsp3) is 0.300. The van der Waals surface area contributed by atoms with E-state index in [9.17, 15) is 9.59 Å². The molecule has 24 heavy (non-hydrogen) atoms. The zero-order valence-electron chi connectivity index (χ0n) is 13.5. The average Bonchev–Trinajstić information content (AvgIpc) is 3.45. The fourth-order valence-corrected chi connectivity index (χ4v) is 2.56. The lowest BCUT2D eigenvalue weighted by atomic mass is 10.1. The van der Waals surface area contributed by atoms with E-state index in [2.05, 4.69) is 5.32 Å². The van der Waals surface area contributed by atoms with Crippen molar-refractivity contribution >= 4 is 11.9 Å². The maximum atomic E-state index is 12.4. The minimum absolute atomic E-state index is 0.224. The van der Waals surface area contributed by atoms with Crippen LogP contribution in [-0.2, 0) is 16.1 Å². The topological polar surface area (TPSA) is 55.4 Å². The number of amides is 1. The summed E-state index contributed by atoms with van der Waals surface area (Å²) in [5.41, 5.74) is 1.49. The summed E-state index contributed by atoms with van der Waals surface area (Å²) in [6.45, 7) is 0.224. The van der Waals surface area contributed by atoms with Gasteiger partial charge >= 0.3 is 5.97 Å². The molecular weight excluding hydrogens is 302 g/mol. The molecule has 0 unspecified atom stereocenters. The van der Waals surface area contributed by atoms with Gasteiger partial charge in [0.15, 0.2) is 0 Å². The molecule has 0 saturated heterocycles. The summed E-state index contributed by atoms with van der Waals surface area (Å²) in [7, 11) is 0. The Morgan fingerprint density at radius 2 is 1.62 bits per heavy atom. The van der Waals surface area contributed by atoms with Crippen LogP contribution in [0.25, 0.3) is 0 Å². The Hall–Kier alpha value is -2.62. The molecule has 124 valence electrons. The van der Waals surface area contributed by atoms with E-state index in [-0.39, 0.29) is 18.5 Å². The van der Waals surface area contributed by atoms with Gasteiger partial charge in [0.2, 0.25) is 0 Å². The highest BCUT2D eigenvalue weighted by molar-refractivity contribution is 5.96. The van der Waals surface area contributed by atoms with Gasteiger partial charge in [0.05, 0.1) is 0 Å². The molecule has 0 spiro atoms. The molecule has 1 fully saturated rings. The zero-order chi connectivity index (χ0) is 16.8. The van der Waals surface area contributed by atoms with Crippen molar-refractivity contribution in [2.45, 2.75) is 31.9 Å². The second-order valence-electron chi connectivity index (χ2n) is 6.16. The van der Waals surface area contributed by atoms with E-state index >= 15 is 0 Å². The third kappa shape index (κ3) is 4.69. The Labute approximate surface area is 141 Å². The number of carbonyl (C=O) groups excluding carboxylic acids is 2. The summed E-state index contributed by atoms with van der Waals surface area (Å²) in [6.07, 6.45) is 2.87. The summed E-state index contributed by atoms with van der Waals surface area (Å²) in [6, 6.07) is 17.9. The van der Waals surface area contributed by atoms with Crippen LogP contribution in [0.4, 0.5) is 0 Å². The third-order valence-electron chi connectivity index (χ3n) is 4.12. The predicted molar refractivity (Wildman–Crippen MR) is 91.3 cm³/mol. The van der Waals surface area contributed by atoms with Gasteiger partial charge in [-0.2, -0.15) is 0 Å². The van der Waals surface area contributed by atoms with E-state index in [1.165, 1.54) is 0 Å². The molecule has 1 aliphatic carbocycles. The summed E-state index contributed by atoms with van der Waals surface area (Å²) in [4.78, 5) is 24.7. The summed E-state index contributed by atoms with van der Waals surface area (Å²) >= 11 is 0. The molecule has 1 amide bonds. The lowest BCUT2D eigenvalue weighted by Crippen LogP contribution is -2.42. The third-order valence-corrected chi connectivity index (χ3v) is 4.12. The summed E-state index contributed by atoms with van der Waals surface area (Å²) in [5.74, 6) is -0.0942. The minimum Gasteiger partial charge on any atom is -0.459 e. The maximum Gasteiger partial charge on any atom is 0.328 e. The van der Waals surface area contributed by atoms with E-state index < -0.39 is 6.04 Å². The summed E-state index contributed by atoms with van der Waals surface area (Å²) < 4.78 is 5.40. The second kappa shape index (κ2) is 7.77. The average molecular weight is 323 g/mol. The maximum absolute atomic E-state index is 12.4. The van der Waals surface area contributed by atoms with Crippen LogP contribution in [-0.4, -0.2) is 17.9 Å². The fourth-order valence-electron chi connectivity index (χ4n) is 2.56. The van der Waals surface area contributed by atoms with Crippen LogP contribution in [0, 0.1) is 5.92 Å². The first-order chi connectivity index (χ1) is 11.7. The molecule has 4 nitrogen and oxygen atoms in total. The molecular formula is C20H21NO3. The Morgan fingerprint density at radius 1 is 1.00 bits per heavy atom. The molecule has 0 aliphatic heterocycles. The van der Waals surface area contributed by atoms with Gasteiger partial charge in [0.25, 0.3) is 5.91 Å². The number of hydrogen-bond donors (Lipinski definition) is 1. The molecule has 1 saturated carbocycles. The van der Waals surface area contributed by atoms with E-state index in [1.807, 2.05) is 36.4 Å². The number of esters is 1. The Morgan fingerprint density at radius 3 is 2.25 bits per heavy atom. The standard InChI is InChI=1S/C20H21NO3/c22-19(17-9-5-2-6-10-17)21-18(13-15-11-12-15)20(23)24-14-16-7-3-1-4-8-16/h1-10,15,18H,11-14H2,(H,21,22)/t18-/m1/s1. The first-order valence-corrected chi connectivity index (χ1v) is 8.29. The monoisotopic (exact) mass is 323 g/mol. The summed E-state index contributed by atoms with van der Waals surface area (Å²) in [5, 5.41) is 2.83. The van der Waals surface area contributed by atoms with Crippen LogP contribution in [0.2, 0.25) is 0 Å². The van der Waals surface area contributed by atoms with Crippen LogP contribution in [0.1, 0.15) is 35.2 Å². The Kier molecular flexibility index (Phi) is 5.26. The molecule has 0 radical (unpaired) electrons. The van der Waals surface area contributed by atoms with E-state index in [0.29, 0.717) is 17.9 Å². The molecule has 0 bridgehead atoms. The van der Waals surface area contributed by atoms with Gasteiger partial charge in [-0.3, -0.25) is 4.79 Å². The quantitative estimate of drug-likeness (QED) is 0.795. The number of nitrogens with one attached hydrogen (secondary N) is 1. The van der Waals surface area contributed by atoms with Crippen molar-refractivity contribution in [3.8, 4) is 0 Å². The van der Waals surface area contributed by atoms with Gasteiger partial charge in [0, 0.05) is 5.56 Å². The Bertz CT molecular complexity index is 681. The van der Waals surface area contributed by atoms with Crippen molar-refractivity contribution in [1.29, 1.82) is 0 Å². The van der Waals surface area contributed by atoms with Crippen molar-refractivity contribution in [3.63, 3.8) is 0 Å². The molecule has 1 aliphatic rings. The van der Waals surface area contributed by atoms with Crippen molar-refractivity contribution in [1.82, 2.24) is 5.32 Å². The normalized spacial score (nSPS) is 14.7. The minimum atomic E-state index is -0.589. The predicted octanol–water partition coefficient (Wildman–Crippen LogP) is 3.33.